The van der Waals surface area contributed by atoms with E-state index in [2.05, 4.69) is 37.9 Å². The lowest BCUT2D eigenvalue weighted by Crippen LogP contribution is -2.14. The number of carbonyl (C=O) groups is 1. The first kappa shape index (κ1) is 12.0. The zero-order chi connectivity index (χ0) is 12.3. The SMILES string of the molecule is Cc1cccc(C(=O)Nc2cncnc2)c1I. The highest BCUT2D eigenvalue weighted by atomic mass is 127. The normalized spacial score (nSPS) is 10.0. The van der Waals surface area contributed by atoms with Crippen molar-refractivity contribution in [3.05, 3.63) is 51.6 Å². The van der Waals surface area contributed by atoms with Gasteiger partial charge in [-0.2, -0.15) is 0 Å². The smallest absolute Gasteiger partial charge is 0.256 e. The average molecular weight is 339 g/mol. The minimum Gasteiger partial charge on any atom is -0.319 e. The maximum Gasteiger partial charge on any atom is 0.256 e. The largest absolute Gasteiger partial charge is 0.319 e. The van der Waals surface area contributed by atoms with Crippen LogP contribution in [-0.2, 0) is 0 Å². The van der Waals surface area contributed by atoms with Crippen molar-refractivity contribution in [2.75, 3.05) is 5.32 Å². The second-order valence-corrected chi connectivity index (χ2v) is 4.60. The minimum atomic E-state index is -0.145. The highest BCUT2D eigenvalue weighted by molar-refractivity contribution is 14.1. The Balaban J connectivity index is 2.24. The van der Waals surface area contributed by atoms with Crippen molar-refractivity contribution in [2.45, 2.75) is 6.92 Å². The van der Waals surface area contributed by atoms with Gasteiger partial charge in [-0.15, -0.1) is 0 Å². The van der Waals surface area contributed by atoms with Crippen LogP contribution in [0.4, 0.5) is 5.69 Å². The fraction of sp³-hybridized carbons (Fsp3) is 0.0833. The standard InChI is InChI=1S/C12H10IN3O/c1-8-3-2-4-10(11(8)13)12(17)16-9-5-14-7-15-6-9/h2-7H,1H3,(H,16,17). The first-order chi connectivity index (χ1) is 8.18. The molecule has 0 saturated heterocycles. The molecule has 0 radical (unpaired) electrons. The molecule has 5 heteroatoms. The summed E-state index contributed by atoms with van der Waals surface area (Å²) in [7, 11) is 0. The maximum absolute atomic E-state index is 12.0. The molecule has 1 N–H and O–H groups in total. The molecule has 0 atom stereocenters. The van der Waals surface area contributed by atoms with Gasteiger partial charge in [0.1, 0.15) is 6.33 Å². The third-order valence-electron chi connectivity index (χ3n) is 2.25. The maximum atomic E-state index is 12.0. The Labute approximate surface area is 113 Å². The molecule has 2 rings (SSSR count). The van der Waals surface area contributed by atoms with Crippen molar-refractivity contribution in [2.24, 2.45) is 0 Å². The Kier molecular flexibility index (Phi) is 3.68. The quantitative estimate of drug-likeness (QED) is 0.856. The third-order valence-corrected chi connectivity index (χ3v) is 3.69. The first-order valence-corrected chi connectivity index (χ1v) is 6.08. The Bertz CT molecular complexity index is 543. The van der Waals surface area contributed by atoms with Crippen LogP contribution in [0.1, 0.15) is 15.9 Å². The topological polar surface area (TPSA) is 54.9 Å². The summed E-state index contributed by atoms with van der Waals surface area (Å²) >= 11 is 2.17. The molecule has 0 saturated carbocycles. The molecule has 0 aliphatic carbocycles. The fourth-order valence-corrected chi connectivity index (χ4v) is 1.99. The number of nitrogens with zero attached hydrogens (tertiary/aromatic N) is 2. The second-order valence-electron chi connectivity index (χ2n) is 3.52. The Morgan fingerprint density at radius 3 is 2.71 bits per heavy atom. The number of hydrogen-bond donors (Lipinski definition) is 1. The van der Waals surface area contributed by atoms with Gasteiger partial charge in [0.15, 0.2) is 0 Å². The average Bonchev–Trinajstić information content (AvgIpc) is 2.34. The molecular weight excluding hydrogens is 329 g/mol. The van der Waals surface area contributed by atoms with Crippen LogP contribution >= 0.6 is 22.6 Å². The van der Waals surface area contributed by atoms with Crippen LogP contribution < -0.4 is 5.32 Å². The molecule has 0 aliphatic rings. The van der Waals surface area contributed by atoms with Crippen molar-refractivity contribution >= 4 is 34.2 Å². The molecule has 1 amide bonds. The van der Waals surface area contributed by atoms with E-state index in [1.165, 1.54) is 6.33 Å². The molecule has 4 nitrogen and oxygen atoms in total. The van der Waals surface area contributed by atoms with Gasteiger partial charge in [-0.1, -0.05) is 12.1 Å². The highest BCUT2D eigenvalue weighted by Gasteiger charge is 2.11. The number of rotatable bonds is 2. The number of hydrogen-bond acceptors (Lipinski definition) is 3. The van der Waals surface area contributed by atoms with E-state index >= 15 is 0 Å². The van der Waals surface area contributed by atoms with E-state index in [1.54, 1.807) is 18.5 Å². The molecule has 0 spiro atoms. The van der Waals surface area contributed by atoms with E-state index in [1.807, 2.05) is 19.1 Å². The van der Waals surface area contributed by atoms with Crippen LogP contribution in [-0.4, -0.2) is 15.9 Å². The van der Waals surface area contributed by atoms with E-state index in [9.17, 15) is 4.79 Å². The van der Waals surface area contributed by atoms with Gasteiger partial charge in [0.2, 0.25) is 0 Å². The Hall–Kier alpha value is -1.50. The molecule has 17 heavy (non-hydrogen) atoms. The molecule has 0 fully saturated rings. The molecule has 1 aromatic carbocycles. The first-order valence-electron chi connectivity index (χ1n) is 5.00. The van der Waals surface area contributed by atoms with E-state index in [-0.39, 0.29) is 5.91 Å². The number of carbonyl (C=O) groups excluding carboxylic acids is 1. The van der Waals surface area contributed by atoms with Crippen LogP contribution in [0.25, 0.3) is 0 Å². The summed E-state index contributed by atoms with van der Waals surface area (Å²) in [5.74, 6) is -0.145. The summed E-state index contributed by atoms with van der Waals surface area (Å²) in [6.45, 7) is 1.98. The van der Waals surface area contributed by atoms with E-state index in [0.717, 1.165) is 9.13 Å². The van der Waals surface area contributed by atoms with Crippen LogP contribution in [0.15, 0.2) is 36.9 Å². The summed E-state index contributed by atoms with van der Waals surface area (Å²) in [6.07, 6.45) is 4.55. The number of anilines is 1. The molecular formula is C12H10IN3O. The summed E-state index contributed by atoms with van der Waals surface area (Å²) in [5.41, 5.74) is 2.34. The number of aryl methyl sites for hydroxylation is 1. The summed E-state index contributed by atoms with van der Waals surface area (Å²) < 4.78 is 0.958. The van der Waals surface area contributed by atoms with Gasteiger partial charge in [-0.25, -0.2) is 9.97 Å². The van der Waals surface area contributed by atoms with Gasteiger partial charge in [0.25, 0.3) is 5.91 Å². The van der Waals surface area contributed by atoms with Crippen LogP contribution in [0.5, 0.6) is 0 Å². The number of benzene rings is 1. The number of aromatic nitrogens is 2. The van der Waals surface area contributed by atoms with Gasteiger partial charge in [-0.3, -0.25) is 4.79 Å². The van der Waals surface area contributed by atoms with Gasteiger partial charge >= 0.3 is 0 Å². The lowest BCUT2D eigenvalue weighted by atomic mass is 10.1. The van der Waals surface area contributed by atoms with Crippen molar-refractivity contribution in [3.8, 4) is 0 Å². The third kappa shape index (κ3) is 2.79. The predicted octanol–water partition coefficient (Wildman–Crippen LogP) is 2.64. The van der Waals surface area contributed by atoms with Crippen LogP contribution in [0.2, 0.25) is 0 Å². The Morgan fingerprint density at radius 2 is 2.00 bits per heavy atom. The zero-order valence-electron chi connectivity index (χ0n) is 9.14. The van der Waals surface area contributed by atoms with E-state index in [4.69, 9.17) is 0 Å². The highest BCUT2D eigenvalue weighted by Crippen LogP contribution is 2.17. The molecule has 1 aromatic heterocycles. The van der Waals surface area contributed by atoms with Crippen LogP contribution in [0, 0.1) is 10.5 Å². The second kappa shape index (κ2) is 5.22. The van der Waals surface area contributed by atoms with E-state index in [0.29, 0.717) is 11.3 Å². The molecule has 0 unspecified atom stereocenters. The van der Waals surface area contributed by atoms with Crippen molar-refractivity contribution in [1.29, 1.82) is 0 Å². The molecule has 2 aromatic rings. The lowest BCUT2D eigenvalue weighted by molar-refractivity contribution is 0.102. The monoisotopic (exact) mass is 339 g/mol. The summed E-state index contributed by atoms with van der Waals surface area (Å²) in [6, 6.07) is 5.64. The van der Waals surface area contributed by atoms with Gasteiger partial charge < -0.3 is 5.32 Å². The van der Waals surface area contributed by atoms with Crippen molar-refractivity contribution < 1.29 is 4.79 Å². The number of amides is 1. The van der Waals surface area contributed by atoms with E-state index < -0.39 is 0 Å². The van der Waals surface area contributed by atoms with Crippen molar-refractivity contribution in [1.82, 2.24) is 9.97 Å². The van der Waals surface area contributed by atoms with Crippen LogP contribution in [0.3, 0.4) is 0 Å². The molecule has 0 aliphatic heterocycles. The van der Waals surface area contributed by atoms with Gasteiger partial charge in [-0.05, 0) is 41.1 Å². The summed E-state index contributed by atoms with van der Waals surface area (Å²) in [4.78, 5) is 19.7. The molecule has 0 bridgehead atoms. The Morgan fingerprint density at radius 1 is 1.29 bits per heavy atom. The zero-order valence-corrected chi connectivity index (χ0v) is 11.3. The summed E-state index contributed by atoms with van der Waals surface area (Å²) in [5, 5.41) is 2.76. The van der Waals surface area contributed by atoms with Crippen molar-refractivity contribution in [3.63, 3.8) is 0 Å². The minimum absolute atomic E-state index is 0.145. The lowest BCUT2D eigenvalue weighted by Gasteiger charge is -2.07. The molecule has 86 valence electrons. The number of nitrogens with one attached hydrogen (secondary N) is 1. The number of halogens is 1. The predicted molar refractivity (Wildman–Crippen MR) is 73.9 cm³/mol. The van der Waals surface area contributed by atoms with Gasteiger partial charge in [0.05, 0.1) is 23.6 Å². The van der Waals surface area contributed by atoms with Gasteiger partial charge in [0, 0.05) is 3.57 Å². The molecule has 1 heterocycles. The fourth-order valence-electron chi connectivity index (χ4n) is 1.38.